The van der Waals surface area contributed by atoms with E-state index in [4.69, 9.17) is 10.9 Å². The number of carbonyl (C=O) groups is 1. The van der Waals surface area contributed by atoms with E-state index in [0.717, 1.165) is 0 Å². The summed E-state index contributed by atoms with van der Waals surface area (Å²) >= 11 is 0. The number of carbonyl (C=O) groups excluding carboxylic acids is 1. The van der Waals surface area contributed by atoms with E-state index in [9.17, 15) is 4.79 Å². The van der Waals surface area contributed by atoms with Crippen LogP contribution in [0.4, 0.5) is 4.79 Å². The molecule has 15 heavy (non-hydrogen) atoms. The van der Waals surface area contributed by atoms with Crippen molar-refractivity contribution >= 4 is 11.9 Å². The van der Waals surface area contributed by atoms with Gasteiger partial charge in [0, 0.05) is 25.6 Å². The summed E-state index contributed by atoms with van der Waals surface area (Å²) in [5.74, 6) is -0.0443. The average Bonchev–Trinajstić information content (AvgIpc) is 2.15. The van der Waals surface area contributed by atoms with Crippen LogP contribution in [-0.4, -0.2) is 41.6 Å². The molecule has 0 aromatic rings. The van der Waals surface area contributed by atoms with Crippen LogP contribution in [0.25, 0.3) is 0 Å². The van der Waals surface area contributed by atoms with E-state index >= 15 is 0 Å². The van der Waals surface area contributed by atoms with Crippen molar-refractivity contribution in [3.05, 3.63) is 0 Å². The number of nitrogens with two attached hydrogens (primary N) is 1. The van der Waals surface area contributed by atoms with Gasteiger partial charge in [0.1, 0.15) is 5.84 Å². The van der Waals surface area contributed by atoms with E-state index in [1.54, 1.807) is 14.0 Å². The number of oxime groups is 1. The molecular weight excluding hydrogens is 196 g/mol. The molecule has 6 heteroatoms. The van der Waals surface area contributed by atoms with Crippen LogP contribution in [0.2, 0.25) is 0 Å². The molecule has 6 nitrogen and oxygen atoms in total. The van der Waals surface area contributed by atoms with Gasteiger partial charge in [0.15, 0.2) is 0 Å². The van der Waals surface area contributed by atoms with Crippen molar-refractivity contribution in [2.24, 2.45) is 16.8 Å². The molecule has 0 saturated carbocycles. The molecule has 0 aromatic heterocycles. The zero-order chi connectivity index (χ0) is 12.0. The number of rotatable bonds is 4. The van der Waals surface area contributed by atoms with Crippen LogP contribution in [0.5, 0.6) is 0 Å². The van der Waals surface area contributed by atoms with E-state index in [1.807, 2.05) is 13.8 Å². The number of nitrogens with zero attached hydrogens (tertiary/aromatic N) is 2. The van der Waals surface area contributed by atoms with Crippen LogP contribution in [0, 0.1) is 5.92 Å². The highest BCUT2D eigenvalue weighted by Gasteiger charge is 2.15. The lowest BCUT2D eigenvalue weighted by Gasteiger charge is -2.22. The van der Waals surface area contributed by atoms with Crippen LogP contribution in [0.1, 0.15) is 20.8 Å². The van der Waals surface area contributed by atoms with Gasteiger partial charge in [0.25, 0.3) is 0 Å². The molecule has 0 rings (SSSR count). The lowest BCUT2D eigenvalue weighted by molar-refractivity contribution is 0.203. The number of amides is 2. The second-order valence-electron chi connectivity index (χ2n) is 3.91. The average molecular weight is 216 g/mol. The summed E-state index contributed by atoms with van der Waals surface area (Å²) in [7, 11) is 1.67. The molecule has 4 N–H and O–H groups in total. The van der Waals surface area contributed by atoms with Crippen molar-refractivity contribution in [1.82, 2.24) is 10.2 Å². The second-order valence-corrected chi connectivity index (χ2v) is 3.91. The Morgan fingerprint density at radius 3 is 2.47 bits per heavy atom. The molecule has 2 amide bonds. The molecule has 0 spiro atoms. The van der Waals surface area contributed by atoms with Gasteiger partial charge >= 0.3 is 6.03 Å². The standard InChI is InChI=1S/C9H20N4O2/c1-6(2)11-9(14)13(4)5-7(3)8(10)12-15/h6-7,15H,5H2,1-4H3,(H2,10,12)(H,11,14). The van der Waals surface area contributed by atoms with E-state index in [-0.39, 0.29) is 23.8 Å². The molecule has 0 aliphatic heterocycles. The van der Waals surface area contributed by atoms with Crippen LogP contribution in [-0.2, 0) is 0 Å². The first-order chi connectivity index (χ1) is 6.88. The number of hydrogen-bond acceptors (Lipinski definition) is 3. The van der Waals surface area contributed by atoms with E-state index < -0.39 is 0 Å². The fraction of sp³-hybridized carbons (Fsp3) is 0.778. The van der Waals surface area contributed by atoms with Gasteiger partial charge in [-0.15, -0.1) is 0 Å². The molecule has 0 bridgehead atoms. The van der Waals surface area contributed by atoms with E-state index in [1.165, 1.54) is 4.90 Å². The number of urea groups is 1. The summed E-state index contributed by atoms with van der Waals surface area (Å²) in [5.41, 5.74) is 5.41. The fourth-order valence-corrected chi connectivity index (χ4v) is 1.04. The van der Waals surface area contributed by atoms with Crippen LogP contribution >= 0.6 is 0 Å². The van der Waals surface area contributed by atoms with Crippen molar-refractivity contribution < 1.29 is 10.0 Å². The molecule has 1 atom stereocenters. The minimum absolute atomic E-state index is 0.0964. The Hall–Kier alpha value is -1.46. The molecule has 0 aromatic carbocycles. The van der Waals surface area contributed by atoms with Gasteiger partial charge in [0.05, 0.1) is 0 Å². The first-order valence-corrected chi connectivity index (χ1v) is 4.87. The lowest BCUT2D eigenvalue weighted by atomic mass is 10.1. The molecule has 1 unspecified atom stereocenters. The van der Waals surface area contributed by atoms with Gasteiger partial charge in [-0.25, -0.2) is 4.79 Å². The topological polar surface area (TPSA) is 91.0 Å². The number of nitrogens with one attached hydrogen (secondary N) is 1. The summed E-state index contributed by atoms with van der Waals surface area (Å²) in [6.07, 6.45) is 0. The first kappa shape index (κ1) is 13.5. The highest BCUT2D eigenvalue weighted by atomic mass is 16.4. The summed E-state index contributed by atoms with van der Waals surface area (Å²) in [4.78, 5) is 13.0. The zero-order valence-electron chi connectivity index (χ0n) is 9.69. The van der Waals surface area contributed by atoms with Crippen molar-refractivity contribution in [2.45, 2.75) is 26.8 Å². The maximum absolute atomic E-state index is 11.5. The predicted molar refractivity (Wildman–Crippen MR) is 58.9 cm³/mol. The van der Waals surface area contributed by atoms with Gasteiger partial charge in [0.2, 0.25) is 0 Å². The summed E-state index contributed by atoms with van der Waals surface area (Å²) < 4.78 is 0. The Morgan fingerprint density at radius 1 is 1.53 bits per heavy atom. The van der Waals surface area contributed by atoms with Gasteiger partial charge < -0.3 is 21.2 Å². The fourth-order valence-electron chi connectivity index (χ4n) is 1.04. The largest absolute Gasteiger partial charge is 0.409 e. The monoisotopic (exact) mass is 216 g/mol. The lowest BCUT2D eigenvalue weighted by Crippen LogP contribution is -2.44. The Bertz CT molecular complexity index is 240. The van der Waals surface area contributed by atoms with Crippen molar-refractivity contribution in [1.29, 1.82) is 0 Å². The minimum Gasteiger partial charge on any atom is -0.409 e. The molecule has 88 valence electrons. The van der Waals surface area contributed by atoms with E-state index in [0.29, 0.717) is 6.54 Å². The van der Waals surface area contributed by atoms with Gasteiger partial charge in [-0.2, -0.15) is 0 Å². The molecule has 0 radical (unpaired) electrons. The van der Waals surface area contributed by atoms with E-state index in [2.05, 4.69) is 10.5 Å². The van der Waals surface area contributed by atoms with Crippen LogP contribution < -0.4 is 11.1 Å². The molecule has 0 aliphatic carbocycles. The zero-order valence-corrected chi connectivity index (χ0v) is 9.69. The van der Waals surface area contributed by atoms with Crippen LogP contribution in [0.15, 0.2) is 5.16 Å². The van der Waals surface area contributed by atoms with Crippen molar-refractivity contribution in [3.63, 3.8) is 0 Å². The third-order valence-electron chi connectivity index (χ3n) is 1.93. The smallest absolute Gasteiger partial charge is 0.317 e. The predicted octanol–water partition coefficient (Wildman–Crippen LogP) is 0.419. The van der Waals surface area contributed by atoms with Gasteiger partial charge in [-0.3, -0.25) is 0 Å². The second kappa shape index (κ2) is 6.10. The minimum atomic E-state index is -0.169. The van der Waals surface area contributed by atoms with Crippen molar-refractivity contribution in [3.8, 4) is 0 Å². The molecule has 0 saturated heterocycles. The summed E-state index contributed by atoms with van der Waals surface area (Å²) in [6.45, 7) is 5.97. The first-order valence-electron chi connectivity index (χ1n) is 4.87. The molecular formula is C9H20N4O2. The Balaban J connectivity index is 4.13. The normalized spacial score (nSPS) is 13.8. The van der Waals surface area contributed by atoms with Crippen LogP contribution in [0.3, 0.4) is 0 Å². The quantitative estimate of drug-likeness (QED) is 0.275. The maximum Gasteiger partial charge on any atom is 0.317 e. The third kappa shape index (κ3) is 5.09. The Kier molecular flexibility index (Phi) is 5.51. The summed E-state index contributed by atoms with van der Waals surface area (Å²) in [6, 6.07) is -0.0679. The van der Waals surface area contributed by atoms with Gasteiger partial charge in [-0.05, 0) is 13.8 Å². The van der Waals surface area contributed by atoms with Crippen molar-refractivity contribution in [2.75, 3.05) is 13.6 Å². The molecule has 0 aliphatic rings. The maximum atomic E-state index is 11.5. The third-order valence-corrected chi connectivity index (χ3v) is 1.93. The Morgan fingerprint density at radius 2 is 2.07 bits per heavy atom. The number of hydrogen-bond donors (Lipinski definition) is 3. The Labute approximate surface area is 90.1 Å². The highest BCUT2D eigenvalue weighted by Crippen LogP contribution is 1.98. The SMILES string of the molecule is CC(C)NC(=O)N(C)CC(C)C(N)=NO. The molecule has 0 fully saturated rings. The highest BCUT2D eigenvalue weighted by molar-refractivity contribution is 5.83. The molecule has 0 heterocycles. The summed E-state index contributed by atoms with van der Waals surface area (Å²) in [5, 5.41) is 14.1. The van der Waals surface area contributed by atoms with Gasteiger partial charge in [-0.1, -0.05) is 12.1 Å². The number of amidine groups is 1.